The maximum absolute atomic E-state index is 11.7. The van der Waals surface area contributed by atoms with Crippen LogP contribution in [0.4, 0.5) is 5.69 Å². The quantitative estimate of drug-likeness (QED) is 0.570. The molecule has 0 saturated carbocycles. The van der Waals surface area contributed by atoms with E-state index in [4.69, 9.17) is 5.11 Å². The number of nitrogens with one attached hydrogen (secondary N) is 1. The summed E-state index contributed by atoms with van der Waals surface area (Å²) in [5.41, 5.74) is -0.0174. The minimum atomic E-state index is -1.22. The predicted octanol–water partition coefficient (Wildman–Crippen LogP) is 0.424. The molecule has 0 spiro atoms. The van der Waals surface area contributed by atoms with E-state index >= 15 is 0 Å². The van der Waals surface area contributed by atoms with E-state index in [1.54, 1.807) is 0 Å². The third-order valence-electron chi connectivity index (χ3n) is 2.28. The molecule has 0 aliphatic heterocycles. The summed E-state index contributed by atoms with van der Waals surface area (Å²) in [7, 11) is 1.31. The second-order valence-corrected chi connectivity index (χ2v) is 3.62. The lowest BCUT2D eigenvalue weighted by Crippen LogP contribution is -2.43. The Morgan fingerprint density at radius 2 is 2.00 bits per heavy atom. The van der Waals surface area contributed by atoms with Crippen LogP contribution in [0.5, 0.6) is 0 Å². The number of benzene rings is 1. The summed E-state index contributed by atoms with van der Waals surface area (Å²) in [6.07, 6.45) is 0. The number of carbonyl (C=O) groups excluding carboxylic acids is 1. The first-order chi connectivity index (χ1) is 8.95. The van der Waals surface area contributed by atoms with Crippen LogP contribution in [0.2, 0.25) is 0 Å². The minimum absolute atomic E-state index is 0.132. The molecule has 0 aliphatic carbocycles. The van der Waals surface area contributed by atoms with Gasteiger partial charge in [0.25, 0.3) is 11.6 Å². The van der Waals surface area contributed by atoms with Gasteiger partial charge in [0.2, 0.25) is 0 Å². The average Bonchev–Trinajstić information content (AvgIpc) is 2.38. The van der Waals surface area contributed by atoms with Crippen LogP contribution in [0.25, 0.3) is 0 Å². The van der Waals surface area contributed by atoms with Crippen LogP contribution in [0.3, 0.4) is 0 Å². The molecule has 0 aliphatic rings. The van der Waals surface area contributed by atoms with E-state index in [-0.39, 0.29) is 17.9 Å². The molecule has 1 rings (SSSR count). The fourth-order valence-electron chi connectivity index (χ4n) is 1.32. The number of nitrogens with zero attached hydrogens (tertiary/aromatic N) is 1. The van der Waals surface area contributed by atoms with E-state index in [0.717, 1.165) is 0 Å². The molecule has 0 radical (unpaired) electrons. The third-order valence-corrected chi connectivity index (χ3v) is 2.28. The number of hydrogen-bond donors (Lipinski definition) is 2. The molecule has 0 saturated heterocycles. The van der Waals surface area contributed by atoms with Gasteiger partial charge in [-0.2, -0.15) is 0 Å². The number of carboxylic acids is 1. The molecule has 1 aromatic rings. The zero-order chi connectivity index (χ0) is 14.4. The summed E-state index contributed by atoms with van der Waals surface area (Å²) in [4.78, 5) is 32.4. The lowest BCUT2D eigenvalue weighted by molar-refractivity contribution is -0.384. The van der Waals surface area contributed by atoms with Crippen molar-refractivity contribution >= 4 is 17.6 Å². The number of non-ortho nitro benzene ring substituents is 1. The van der Waals surface area contributed by atoms with Crippen LogP contribution in [-0.4, -0.2) is 41.7 Å². The van der Waals surface area contributed by atoms with Gasteiger partial charge in [0.15, 0.2) is 6.04 Å². The van der Waals surface area contributed by atoms with Crippen LogP contribution in [0.15, 0.2) is 24.3 Å². The van der Waals surface area contributed by atoms with Crippen molar-refractivity contribution in [3.05, 3.63) is 39.9 Å². The molecule has 1 atom stereocenters. The first kappa shape index (κ1) is 14.6. The number of amides is 1. The summed E-state index contributed by atoms with van der Waals surface area (Å²) in [6, 6.07) is 3.66. The molecule has 0 bridgehead atoms. The molecule has 102 valence electrons. The number of carboxylic acid groups (broad SMARTS) is 1. The zero-order valence-corrected chi connectivity index (χ0v) is 10.0. The SMILES string of the molecule is COCC(NC(=O)c1ccc([N+](=O)[O-])cc1)C(=O)O. The highest BCUT2D eigenvalue weighted by molar-refractivity contribution is 5.96. The van der Waals surface area contributed by atoms with Gasteiger partial charge in [0.05, 0.1) is 11.5 Å². The van der Waals surface area contributed by atoms with Crippen molar-refractivity contribution in [2.24, 2.45) is 0 Å². The fraction of sp³-hybridized carbons (Fsp3) is 0.273. The molecule has 19 heavy (non-hydrogen) atoms. The smallest absolute Gasteiger partial charge is 0.328 e. The minimum Gasteiger partial charge on any atom is -0.480 e. The first-order valence-corrected chi connectivity index (χ1v) is 5.22. The van der Waals surface area contributed by atoms with Crippen molar-refractivity contribution in [1.82, 2.24) is 5.32 Å². The molecule has 1 amide bonds. The highest BCUT2D eigenvalue weighted by Gasteiger charge is 2.20. The number of aliphatic carboxylic acids is 1. The summed E-state index contributed by atoms with van der Waals surface area (Å²) in [5.74, 6) is -1.86. The van der Waals surface area contributed by atoms with E-state index < -0.39 is 22.8 Å². The molecule has 0 heterocycles. The number of carbonyl (C=O) groups is 2. The van der Waals surface area contributed by atoms with Gasteiger partial charge in [-0.25, -0.2) is 4.79 Å². The third kappa shape index (κ3) is 4.03. The molecule has 1 unspecified atom stereocenters. The van der Waals surface area contributed by atoms with Gasteiger partial charge in [0, 0.05) is 24.8 Å². The van der Waals surface area contributed by atoms with Gasteiger partial charge in [-0.3, -0.25) is 14.9 Å². The van der Waals surface area contributed by atoms with Gasteiger partial charge < -0.3 is 15.2 Å². The van der Waals surface area contributed by atoms with E-state index in [1.807, 2.05) is 0 Å². The maximum atomic E-state index is 11.7. The largest absolute Gasteiger partial charge is 0.480 e. The lowest BCUT2D eigenvalue weighted by Gasteiger charge is -2.13. The second kappa shape index (κ2) is 6.45. The Hall–Kier alpha value is -2.48. The molecule has 8 nitrogen and oxygen atoms in total. The van der Waals surface area contributed by atoms with Crippen LogP contribution in [0.1, 0.15) is 10.4 Å². The van der Waals surface area contributed by atoms with Crippen LogP contribution in [-0.2, 0) is 9.53 Å². The van der Waals surface area contributed by atoms with Crippen molar-refractivity contribution in [1.29, 1.82) is 0 Å². The Morgan fingerprint density at radius 1 is 1.42 bits per heavy atom. The zero-order valence-electron chi connectivity index (χ0n) is 10.0. The van der Waals surface area contributed by atoms with Crippen molar-refractivity contribution in [2.75, 3.05) is 13.7 Å². The van der Waals surface area contributed by atoms with Crippen LogP contribution >= 0.6 is 0 Å². The summed E-state index contributed by atoms with van der Waals surface area (Å²) >= 11 is 0. The number of nitro benzene ring substituents is 1. The molecule has 1 aromatic carbocycles. The Bertz CT molecular complexity index is 484. The van der Waals surface area contributed by atoms with Gasteiger partial charge in [-0.05, 0) is 12.1 Å². The van der Waals surface area contributed by atoms with Crippen LogP contribution < -0.4 is 5.32 Å². The van der Waals surface area contributed by atoms with Crippen molar-refractivity contribution in [3.63, 3.8) is 0 Å². The van der Waals surface area contributed by atoms with Crippen molar-refractivity contribution in [3.8, 4) is 0 Å². The number of hydrogen-bond acceptors (Lipinski definition) is 5. The summed E-state index contributed by atoms with van der Waals surface area (Å²) in [6.45, 7) is -0.173. The fourth-order valence-corrected chi connectivity index (χ4v) is 1.32. The Morgan fingerprint density at radius 3 is 2.42 bits per heavy atom. The topological polar surface area (TPSA) is 119 Å². The van der Waals surface area contributed by atoms with Gasteiger partial charge in [0.1, 0.15) is 0 Å². The molecular formula is C11H12N2O6. The van der Waals surface area contributed by atoms with E-state index in [0.29, 0.717) is 0 Å². The molecule has 0 aromatic heterocycles. The number of methoxy groups -OCH3 is 1. The normalized spacial score (nSPS) is 11.6. The van der Waals surface area contributed by atoms with Crippen LogP contribution in [0, 0.1) is 10.1 Å². The number of rotatable bonds is 6. The number of nitro groups is 1. The van der Waals surface area contributed by atoms with Crippen molar-refractivity contribution < 1.29 is 24.4 Å². The highest BCUT2D eigenvalue weighted by Crippen LogP contribution is 2.11. The second-order valence-electron chi connectivity index (χ2n) is 3.62. The summed E-state index contributed by atoms with van der Waals surface area (Å²) < 4.78 is 4.67. The lowest BCUT2D eigenvalue weighted by atomic mass is 10.2. The molecule has 8 heteroatoms. The van der Waals surface area contributed by atoms with Crippen molar-refractivity contribution in [2.45, 2.75) is 6.04 Å². The van der Waals surface area contributed by atoms with Gasteiger partial charge in [-0.15, -0.1) is 0 Å². The Kier molecular flexibility index (Phi) is 4.95. The molecule has 2 N–H and O–H groups in total. The predicted molar refractivity (Wildman–Crippen MR) is 63.9 cm³/mol. The molecule has 0 fully saturated rings. The maximum Gasteiger partial charge on any atom is 0.328 e. The average molecular weight is 268 g/mol. The summed E-state index contributed by atoms with van der Waals surface area (Å²) in [5, 5.41) is 21.5. The van der Waals surface area contributed by atoms with E-state index in [2.05, 4.69) is 10.1 Å². The Balaban J connectivity index is 2.76. The highest BCUT2D eigenvalue weighted by atomic mass is 16.6. The molecular weight excluding hydrogens is 256 g/mol. The van der Waals surface area contributed by atoms with E-state index in [9.17, 15) is 19.7 Å². The first-order valence-electron chi connectivity index (χ1n) is 5.22. The number of ether oxygens (including phenoxy) is 1. The monoisotopic (exact) mass is 268 g/mol. The standard InChI is InChI=1S/C11H12N2O6/c1-19-6-9(11(15)16)12-10(14)7-2-4-8(5-3-7)13(17)18/h2-5,9H,6H2,1H3,(H,12,14)(H,15,16). The Labute approximate surface area is 108 Å². The van der Waals surface area contributed by atoms with E-state index in [1.165, 1.54) is 31.4 Å². The van der Waals surface area contributed by atoms with Gasteiger partial charge in [-0.1, -0.05) is 0 Å². The van der Waals surface area contributed by atoms with Gasteiger partial charge >= 0.3 is 5.97 Å².